The van der Waals surface area contributed by atoms with E-state index in [0.29, 0.717) is 12.5 Å². The first-order chi connectivity index (χ1) is 14.1. The SMILES string of the molecule is CCNC(=NCc1cc(C)cc(OC)c1)NC1CCN(C(=O)C2CCCCC2)C1. The van der Waals surface area contributed by atoms with Crippen molar-refractivity contribution in [1.82, 2.24) is 15.5 Å². The molecule has 1 amide bonds. The first-order valence-electron chi connectivity index (χ1n) is 11.1. The number of benzene rings is 1. The maximum Gasteiger partial charge on any atom is 0.225 e. The molecule has 29 heavy (non-hydrogen) atoms. The van der Waals surface area contributed by atoms with Gasteiger partial charge in [-0.1, -0.05) is 25.3 Å². The molecule has 2 aliphatic rings. The zero-order chi connectivity index (χ0) is 20.6. The second-order valence-corrected chi connectivity index (χ2v) is 8.30. The predicted octanol–water partition coefficient (Wildman–Crippen LogP) is 3.24. The summed E-state index contributed by atoms with van der Waals surface area (Å²) in [5, 5.41) is 6.87. The summed E-state index contributed by atoms with van der Waals surface area (Å²) in [4.78, 5) is 19.6. The molecule has 0 bridgehead atoms. The monoisotopic (exact) mass is 400 g/mol. The van der Waals surface area contributed by atoms with E-state index in [0.717, 1.165) is 56.2 Å². The normalized spacial score (nSPS) is 20.6. The van der Waals surface area contributed by atoms with E-state index in [-0.39, 0.29) is 12.0 Å². The number of rotatable bonds is 6. The molecule has 2 fully saturated rings. The summed E-state index contributed by atoms with van der Waals surface area (Å²) in [6.07, 6.45) is 6.79. The van der Waals surface area contributed by atoms with Crippen molar-refractivity contribution in [2.24, 2.45) is 10.9 Å². The third kappa shape index (κ3) is 6.12. The van der Waals surface area contributed by atoms with Gasteiger partial charge < -0.3 is 20.3 Å². The van der Waals surface area contributed by atoms with Crippen LogP contribution in [0.4, 0.5) is 0 Å². The fourth-order valence-electron chi connectivity index (χ4n) is 4.40. The van der Waals surface area contributed by atoms with Crippen LogP contribution in [0.5, 0.6) is 5.75 Å². The molecule has 1 aliphatic carbocycles. The Kier molecular flexibility index (Phi) is 7.78. The smallest absolute Gasteiger partial charge is 0.225 e. The molecule has 1 saturated carbocycles. The molecule has 1 aromatic carbocycles. The van der Waals surface area contributed by atoms with Gasteiger partial charge in [0.15, 0.2) is 5.96 Å². The van der Waals surface area contributed by atoms with Gasteiger partial charge in [-0.15, -0.1) is 0 Å². The van der Waals surface area contributed by atoms with Gasteiger partial charge in [-0.05, 0) is 56.4 Å². The Hall–Kier alpha value is -2.24. The Balaban J connectivity index is 1.57. The van der Waals surface area contributed by atoms with Crippen LogP contribution in [-0.2, 0) is 11.3 Å². The zero-order valence-corrected chi connectivity index (χ0v) is 18.2. The lowest BCUT2D eigenvalue weighted by Crippen LogP contribution is -2.45. The standard InChI is InChI=1S/C23H36N4O2/c1-4-24-23(25-15-18-12-17(2)13-21(14-18)29-3)26-20-10-11-27(16-20)22(28)19-8-6-5-7-9-19/h12-14,19-20H,4-11,15-16H2,1-3H3,(H2,24,25,26). The lowest BCUT2D eigenvalue weighted by Gasteiger charge is -2.26. The Bertz CT molecular complexity index is 713. The fraction of sp³-hybridized carbons (Fsp3) is 0.652. The molecule has 3 rings (SSSR count). The molecule has 2 N–H and O–H groups in total. The van der Waals surface area contributed by atoms with Crippen LogP contribution >= 0.6 is 0 Å². The maximum absolute atomic E-state index is 12.8. The van der Waals surface area contributed by atoms with Crippen molar-refractivity contribution < 1.29 is 9.53 Å². The van der Waals surface area contributed by atoms with Gasteiger partial charge in [-0.3, -0.25) is 4.79 Å². The number of likely N-dealkylation sites (tertiary alicyclic amines) is 1. The number of amides is 1. The highest BCUT2D eigenvalue weighted by atomic mass is 16.5. The van der Waals surface area contributed by atoms with E-state index in [2.05, 4.69) is 35.4 Å². The first-order valence-corrected chi connectivity index (χ1v) is 11.1. The van der Waals surface area contributed by atoms with Crippen LogP contribution in [-0.4, -0.2) is 49.6 Å². The summed E-state index contributed by atoms with van der Waals surface area (Å²) in [6.45, 7) is 7.15. The van der Waals surface area contributed by atoms with E-state index in [1.807, 2.05) is 12.1 Å². The number of aliphatic imine (C=N–C) groups is 1. The van der Waals surface area contributed by atoms with Crippen molar-refractivity contribution in [2.45, 2.75) is 65.0 Å². The van der Waals surface area contributed by atoms with Gasteiger partial charge in [0.2, 0.25) is 5.91 Å². The summed E-state index contributed by atoms with van der Waals surface area (Å²) in [6, 6.07) is 6.44. The molecule has 0 spiro atoms. The van der Waals surface area contributed by atoms with Crippen LogP contribution in [0, 0.1) is 12.8 Å². The van der Waals surface area contributed by atoms with E-state index in [4.69, 9.17) is 9.73 Å². The van der Waals surface area contributed by atoms with E-state index >= 15 is 0 Å². The van der Waals surface area contributed by atoms with Gasteiger partial charge in [0.25, 0.3) is 0 Å². The number of nitrogens with one attached hydrogen (secondary N) is 2. The predicted molar refractivity (Wildman–Crippen MR) is 117 cm³/mol. The van der Waals surface area contributed by atoms with Crippen molar-refractivity contribution >= 4 is 11.9 Å². The Morgan fingerprint density at radius 1 is 1.21 bits per heavy atom. The van der Waals surface area contributed by atoms with Gasteiger partial charge in [0.1, 0.15) is 5.75 Å². The van der Waals surface area contributed by atoms with E-state index in [1.54, 1.807) is 7.11 Å². The lowest BCUT2D eigenvalue weighted by molar-refractivity contribution is -0.135. The lowest BCUT2D eigenvalue weighted by atomic mass is 9.88. The number of ether oxygens (including phenoxy) is 1. The number of guanidine groups is 1. The highest BCUT2D eigenvalue weighted by molar-refractivity contribution is 5.81. The molecule has 1 unspecified atom stereocenters. The van der Waals surface area contributed by atoms with E-state index in [1.165, 1.54) is 24.8 Å². The number of aryl methyl sites for hydroxylation is 1. The van der Waals surface area contributed by atoms with Crippen LogP contribution in [0.1, 0.15) is 56.6 Å². The summed E-state index contributed by atoms with van der Waals surface area (Å²) >= 11 is 0. The van der Waals surface area contributed by atoms with Gasteiger partial charge in [-0.2, -0.15) is 0 Å². The highest BCUT2D eigenvalue weighted by Gasteiger charge is 2.31. The highest BCUT2D eigenvalue weighted by Crippen LogP contribution is 2.26. The van der Waals surface area contributed by atoms with Gasteiger partial charge in [0.05, 0.1) is 13.7 Å². The van der Waals surface area contributed by atoms with Crippen molar-refractivity contribution in [3.8, 4) is 5.75 Å². The number of methoxy groups -OCH3 is 1. The second-order valence-electron chi connectivity index (χ2n) is 8.30. The molecule has 1 saturated heterocycles. The minimum absolute atomic E-state index is 0.251. The third-order valence-electron chi connectivity index (χ3n) is 5.91. The minimum atomic E-state index is 0.251. The van der Waals surface area contributed by atoms with Crippen molar-refractivity contribution in [3.63, 3.8) is 0 Å². The van der Waals surface area contributed by atoms with Crippen molar-refractivity contribution in [2.75, 3.05) is 26.7 Å². The Morgan fingerprint density at radius 3 is 2.72 bits per heavy atom. The van der Waals surface area contributed by atoms with Crippen LogP contribution in [0.15, 0.2) is 23.2 Å². The summed E-state index contributed by atoms with van der Waals surface area (Å²) in [5.41, 5.74) is 2.29. The third-order valence-corrected chi connectivity index (χ3v) is 5.91. The molecule has 1 heterocycles. The number of carbonyl (C=O) groups excluding carboxylic acids is 1. The Morgan fingerprint density at radius 2 is 2.00 bits per heavy atom. The molecule has 160 valence electrons. The molecular formula is C23H36N4O2. The van der Waals surface area contributed by atoms with E-state index < -0.39 is 0 Å². The van der Waals surface area contributed by atoms with E-state index in [9.17, 15) is 4.79 Å². The number of hydrogen-bond donors (Lipinski definition) is 2. The fourth-order valence-corrected chi connectivity index (χ4v) is 4.40. The van der Waals surface area contributed by atoms with Crippen molar-refractivity contribution in [1.29, 1.82) is 0 Å². The first kappa shape index (κ1) is 21.5. The van der Waals surface area contributed by atoms with Crippen LogP contribution in [0.3, 0.4) is 0 Å². The largest absolute Gasteiger partial charge is 0.497 e. The number of hydrogen-bond acceptors (Lipinski definition) is 3. The molecule has 1 aromatic rings. The molecule has 6 heteroatoms. The summed E-state index contributed by atoms with van der Waals surface area (Å²) in [7, 11) is 1.69. The topological polar surface area (TPSA) is 66.0 Å². The van der Waals surface area contributed by atoms with Gasteiger partial charge in [-0.25, -0.2) is 4.99 Å². The average Bonchev–Trinajstić information content (AvgIpc) is 3.20. The zero-order valence-electron chi connectivity index (χ0n) is 18.2. The molecule has 1 atom stereocenters. The molecular weight excluding hydrogens is 364 g/mol. The minimum Gasteiger partial charge on any atom is -0.497 e. The Labute approximate surface area is 175 Å². The second kappa shape index (κ2) is 10.5. The van der Waals surface area contributed by atoms with Gasteiger partial charge in [0, 0.05) is 31.6 Å². The molecule has 1 aliphatic heterocycles. The summed E-state index contributed by atoms with van der Waals surface area (Å²) in [5.74, 6) is 2.29. The van der Waals surface area contributed by atoms with Crippen LogP contribution < -0.4 is 15.4 Å². The van der Waals surface area contributed by atoms with Crippen LogP contribution in [0.25, 0.3) is 0 Å². The van der Waals surface area contributed by atoms with Crippen molar-refractivity contribution in [3.05, 3.63) is 29.3 Å². The molecule has 0 aromatic heterocycles. The average molecular weight is 401 g/mol. The van der Waals surface area contributed by atoms with Crippen LogP contribution in [0.2, 0.25) is 0 Å². The number of nitrogens with zero attached hydrogens (tertiary/aromatic N) is 2. The van der Waals surface area contributed by atoms with Gasteiger partial charge >= 0.3 is 0 Å². The maximum atomic E-state index is 12.8. The molecule has 0 radical (unpaired) electrons. The number of carbonyl (C=O) groups is 1. The molecule has 6 nitrogen and oxygen atoms in total. The summed E-state index contributed by atoms with van der Waals surface area (Å²) < 4.78 is 5.36. The quantitative estimate of drug-likeness (QED) is 0.568.